The van der Waals surface area contributed by atoms with Crippen molar-refractivity contribution >= 4 is 16.9 Å². The fraction of sp³-hybridized carbons (Fsp3) is 0.222. The van der Waals surface area contributed by atoms with Crippen LogP contribution in [0.1, 0.15) is 24.2 Å². The molecule has 1 amide bonds. The Hall–Kier alpha value is -3.06. The van der Waals surface area contributed by atoms with Crippen molar-refractivity contribution in [1.29, 1.82) is 0 Å². The lowest BCUT2D eigenvalue weighted by Gasteiger charge is -2.11. The van der Waals surface area contributed by atoms with Gasteiger partial charge in [0.15, 0.2) is 11.5 Å². The molecule has 3 rings (SSSR count). The third-order valence-electron chi connectivity index (χ3n) is 3.69. The van der Waals surface area contributed by atoms with E-state index in [1.165, 1.54) is 0 Å². The fourth-order valence-electron chi connectivity index (χ4n) is 2.57. The zero-order chi connectivity index (χ0) is 17.8. The van der Waals surface area contributed by atoms with E-state index >= 15 is 0 Å². The second-order valence-corrected chi connectivity index (χ2v) is 5.32. The Bertz CT molecular complexity index is 904. The number of nitrogens with two attached hydrogens (primary N) is 1. The number of benzene rings is 2. The van der Waals surface area contributed by atoms with Crippen LogP contribution >= 0.6 is 0 Å². The number of aromatic nitrogens is 2. The summed E-state index contributed by atoms with van der Waals surface area (Å²) in [6, 6.07) is 10.8. The van der Waals surface area contributed by atoms with E-state index in [9.17, 15) is 4.79 Å². The highest BCUT2D eigenvalue weighted by molar-refractivity contribution is 5.97. The predicted molar refractivity (Wildman–Crippen MR) is 95.5 cm³/mol. The quantitative estimate of drug-likeness (QED) is 0.364. The van der Waals surface area contributed by atoms with Gasteiger partial charge in [-0.25, -0.2) is 10.8 Å². The van der Waals surface area contributed by atoms with Crippen LogP contribution in [-0.2, 0) is 0 Å². The van der Waals surface area contributed by atoms with Crippen LogP contribution in [0.5, 0.6) is 11.5 Å². The molecule has 4 N–H and O–H groups in total. The molecule has 2 aromatic carbocycles. The SMILES string of the molecule is CCOc1ccc(-c2nc3ccc(C(=O)NN)cc3[nH]2)cc1OCC. The van der Waals surface area contributed by atoms with Gasteiger partial charge in [-0.1, -0.05) is 0 Å². The molecule has 0 aliphatic carbocycles. The number of nitrogen functional groups attached to an aromatic ring is 1. The normalized spacial score (nSPS) is 10.7. The van der Waals surface area contributed by atoms with Gasteiger partial charge in [-0.05, 0) is 50.2 Å². The van der Waals surface area contributed by atoms with Crippen molar-refractivity contribution in [3.63, 3.8) is 0 Å². The van der Waals surface area contributed by atoms with Crippen LogP contribution in [0.2, 0.25) is 0 Å². The van der Waals surface area contributed by atoms with E-state index in [1.54, 1.807) is 18.2 Å². The molecule has 0 fully saturated rings. The molecule has 0 atom stereocenters. The molecule has 130 valence electrons. The predicted octanol–water partition coefficient (Wildman–Crippen LogP) is 2.63. The van der Waals surface area contributed by atoms with E-state index in [2.05, 4.69) is 15.4 Å². The average Bonchev–Trinajstić information content (AvgIpc) is 3.06. The molecule has 0 saturated carbocycles. The van der Waals surface area contributed by atoms with Crippen molar-refractivity contribution in [3.05, 3.63) is 42.0 Å². The number of amides is 1. The number of carbonyl (C=O) groups is 1. The van der Waals surface area contributed by atoms with Gasteiger partial charge < -0.3 is 14.5 Å². The summed E-state index contributed by atoms with van der Waals surface area (Å²) < 4.78 is 11.2. The summed E-state index contributed by atoms with van der Waals surface area (Å²) in [7, 11) is 0. The first-order chi connectivity index (χ1) is 12.2. The number of fused-ring (bicyclic) bond motifs is 1. The second kappa shape index (κ2) is 7.23. The molecular weight excluding hydrogens is 320 g/mol. The zero-order valence-corrected chi connectivity index (χ0v) is 14.1. The number of imidazole rings is 1. The van der Waals surface area contributed by atoms with Crippen LogP contribution < -0.4 is 20.7 Å². The fourth-order valence-corrected chi connectivity index (χ4v) is 2.57. The topological polar surface area (TPSA) is 102 Å². The maximum absolute atomic E-state index is 11.6. The van der Waals surface area contributed by atoms with Gasteiger partial charge in [0.1, 0.15) is 5.82 Å². The van der Waals surface area contributed by atoms with Gasteiger partial charge >= 0.3 is 0 Å². The van der Waals surface area contributed by atoms with Crippen LogP contribution in [0.3, 0.4) is 0 Å². The van der Waals surface area contributed by atoms with Crippen LogP contribution in [0.4, 0.5) is 0 Å². The summed E-state index contributed by atoms with van der Waals surface area (Å²) >= 11 is 0. The van der Waals surface area contributed by atoms with Crippen LogP contribution in [0, 0.1) is 0 Å². The molecule has 0 aliphatic heterocycles. The standard InChI is InChI=1S/C18H20N4O3/c1-3-24-15-8-6-11(10-16(15)25-4-2)17-20-13-7-5-12(18(23)22-19)9-14(13)21-17/h5-10H,3-4,19H2,1-2H3,(H,20,21)(H,22,23). The third-order valence-corrected chi connectivity index (χ3v) is 3.69. The summed E-state index contributed by atoms with van der Waals surface area (Å²) in [5.74, 6) is 6.88. The van der Waals surface area contributed by atoms with E-state index in [1.807, 2.05) is 32.0 Å². The minimum absolute atomic E-state index is 0.349. The number of nitrogens with one attached hydrogen (secondary N) is 2. The van der Waals surface area contributed by atoms with Gasteiger partial charge in [0.25, 0.3) is 5.91 Å². The Morgan fingerprint density at radius 2 is 1.88 bits per heavy atom. The highest BCUT2D eigenvalue weighted by Crippen LogP contribution is 2.32. The lowest BCUT2D eigenvalue weighted by molar-refractivity contribution is 0.0954. The maximum atomic E-state index is 11.6. The first-order valence-electron chi connectivity index (χ1n) is 8.07. The number of aromatic amines is 1. The van der Waals surface area contributed by atoms with Crippen molar-refractivity contribution in [3.8, 4) is 22.9 Å². The lowest BCUT2D eigenvalue weighted by atomic mass is 10.2. The number of hydrogen-bond acceptors (Lipinski definition) is 5. The number of hydrazine groups is 1. The summed E-state index contributed by atoms with van der Waals surface area (Å²) in [5, 5.41) is 0. The van der Waals surface area contributed by atoms with Gasteiger partial charge in [0.05, 0.1) is 24.2 Å². The molecule has 7 nitrogen and oxygen atoms in total. The van der Waals surface area contributed by atoms with Gasteiger partial charge in [-0.15, -0.1) is 0 Å². The minimum Gasteiger partial charge on any atom is -0.490 e. The van der Waals surface area contributed by atoms with Crippen molar-refractivity contribution in [1.82, 2.24) is 15.4 Å². The molecule has 7 heteroatoms. The van der Waals surface area contributed by atoms with E-state index in [0.29, 0.717) is 36.1 Å². The monoisotopic (exact) mass is 340 g/mol. The van der Waals surface area contributed by atoms with Crippen molar-refractivity contribution in [2.75, 3.05) is 13.2 Å². The molecule has 0 spiro atoms. The van der Waals surface area contributed by atoms with Crippen molar-refractivity contribution in [2.45, 2.75) is 13.8 Å². The Morgan fingerprint density at radius 1 is 1.12 bits per heavy atom. The lowest BCUT2D eigenvalue weighted by Crippen LogP contribution is -2.29. The average molecular weight is 340 g/mol. The molecule has 0 bridgehead atoms. The number of ether oxygens (including phenoxy) is 2. The van der Waals surface area contributed by atoms with Crippen LogP contribution in [0.25, 0.3) is 22.4 Å². The molecule has 0 radical (unpaired) electrons. The van der Waals surface area contributed by atoms with E-state index in [4.69, 9.17) is 15.3 Å². The first-order valence-corrected chi connectivity index (χ1v) is 8.07. The third kappa shape index (κ3) is 3.41. The number of hydrogen-bond donors (Lipinski definition) is 3. The Morgan fingerprint density at radius 3 is 2.60 bits per heavy atom. The second-order valence-electron chi connectivity index (χ2n) is 5.32. The van der Waals surface area contributed by atoms with E-state index < -0.39 is 0 Å². The van der Waals surface area contributed by atoms with Crippen molar-refractivity contribution < 1.29 is 14.3 Å². The highest BCUT2D eigenvalue weighted by atomic mass is 16.5. The molecule has 1 heterocycles. The minimum atomic E-state index is -0.349. The van der Waals surface area contributed by atoms with Gasteiger partial charge in [-0.2, -0.15) is 0 Å². The number of H-pyrrole nitrogens is 1. The van der Waals surface area contributed by atoms with E-state index in [0.717, 1.165) is 16.6 Å². The Balaban J connectivity index is 2.00. The molecule has 0 aliphatic rings. The largest absolute Gasteiger partial charge is 0.490 e. The molecule has 0 saturated heterocycles. The van der Waals surface area contributed by atoms with Crippen LogP contribution in [0.15, 0.2) is 36.4 Å². The molecular formula is C18H20N4O3. The summed E-state index contributed by atoms with van der Waals surface area (Å²) in [4.78, 5) is 19.4. The van der Waals surface area contributed by atoms with Crippen molar-refractivity contribution in [2.24, 2.45) is 5.84 Å². The number of nitrogens with zero attached hydrogens (tertiary/aromatic N) is 1. The molecule has 25 heavy (non-hydrogen) atoms. The highest BCUT2D eigenvalue weighted by Gasteiger charge is 2.12. The maximum Gasteiger partial charge on any atom is 0.265 e. The Labute approximate surface area is 145 Å². The molecule has 3 aromatic rings. The van der Waals surface area contributed by atoms with Crippen LogP contribution in [-0.4, -0.2) is 29.1 Å². The first kappa shape index (κ1) is 16.8. The molecule has 1 aromatic heterocycles. The summed E-state index contributed by atoms with van der Waals surface area (Å²) in [6.07, 6.45) is 0. The van der Waals surface area contributed by atoms with Gasteiger partial charge in [-0.3, -0.25) is 10.2 Å². The zero-order valence-electron chi connectivity index (χ0n) is 14.1. The van der Waals surface area contributed by atoms with E-state index in [-0.39, 0.29) is 5.91 Å². The molecule has 0 unspecified atom stereocenters. The summed E-state index contributed by atoms with van der Waals surface area (Å²) in [6.45, 7) is 4.96. The van der Waals surface area contributed by atoms with Gasteiger partial charge in [0.2, 0.25) is 0 Å². The smallest absolute Gasteiger partial charge is 0.265 e. The number of carbonyl (C=O) groups excluding carboxylic acids is 1. The Kier molecular flexibility index (Phi) is 4.85. The number of rotatable bonds is 6. The van der Waals surface area contributed by atoms with Gasteiger partial charge in [0, 0.05) is 11.1 Å². The summed E-state index contributed by atoms with van der Waals surface area (Å²) in [5.41, 5.74) is 4.97.